The van der Waals surface area contributed by atoms with Crippen molar-refractivity contribution in [3.8, 4) is 5.75 Å². The molecule has 0 amide bonds. The largest absolute Gasteiger partial charge is 0.465 e. The predicted molar refractivity (Wildman–Crippen MR) is 58.7 cm³/mol. The molecule has 0 aliphatic rings. The zero-order valence-corrected chi connectivity index (χ0v) is 8.60. The second-order valence-electron chi connectivity index (χ2n) is 3.22. The maximum Gasteiger partial charge on any atom is 0.199 e. The summed E-state index contributed by atoms with van der Waals surface area (Å²) in [6, 6.07) is 7.45. The van der Waals surface area contributed by atoms with Gasteiger partial charge in [-0.2, -0.15) is 0 Å². The van der Waals surface area contributed by atoms with E-state index in [1.54, 1.807) is 6.07 Å². The van der Waals surface area contributed by atoms with Crippen LogP contribution in [0.5, 0.6) is 5.75 Å². The molecule has 0 heterocycles. The Morgan fingerprint density at radius 3 is 2.93 bits per heavy atom. The Bertz CT molecular complexity index is 309. The number of aliphatic hydroxyl groups is 2. The van der Waals surface area contributed by atoms with Crippen molar-refractivity contribution < 1.29 is 14.9 Å². The molecule has 2 N–H and O–H groups in total. The molecule has 0 fully saturated rings. The van der Waals surface area contributed by atoms with E-state index in [1.165, 1.54) is 0 Å². The summed E-state index contributed by atoms with van der Waals surface area (Å²) in [5.74, 6) is 0.607. The molecular weight excluding hydrogens is 192 g/mol. The van der Waals surface area contributed by atoms with Crippen LogP contribution < -0.4 is 4.74 Å². The molecule has 3 nitrogen and oxygen atoms in total. The molecule has 0 aliphatic carbocycles. The molecule has 15 heavy (non-hydrogen) atoms. The van der Waals surface area contributed by atoms with Gasteiger partial charge in [0.2, 0.25) is 0 Å². The number of allylic oxidation sites excluding steroid dienone is 1. The van der Waals surface area contributed by atoms with Crippen molar-refractivity contribution in [1.82, 2.24) is 0 Å². The maximum absolute atomic E-state index is 9.32. The third-order valence-electron chi connectivity index (χ3n) is 1.93. The van der Waals surface area contributed by atoms with E-state index in [4.69, 9.17) is 9.84 Å². The molecule has 0 aromatic heterocycles. The number of benzene rings is 1. The van der Waals surface area contributed by atoms with Gasteiger partial charge in [0.05, 0.1) is 0 Å². The van der Waals surface area contributed by atoms with Crippen molar-refractivity contribution in [2.24, 2.45) is 0 Å². The van der Waals surface area contributed by atoms with Crippen molar-refractivity contribution in [3.05, 3.63) is 42.5 Å². The van der Waals surface area contributed by atoms with Gasteiger partial charge in [0.25, 0.3) is 0 Å². The Labute approximate surface area is 89.6 Å². The molecule has 0 radical (unpaired) electrons. The minimum atomic E-state index is -0.950. The average molecular weight is 208 g/mol. The molecule has 1 aromatic carbocycles. The van der Waals surface area contributed by atoms with E-state index in [0.717, 1.165) is 12.0 Å². The highest BCUT2D eigenvalue weighted by atomic mass is 16.6. The van der Waals surface area contributed by atoms with Crippen molar-refractivity contribution in [2.75, 3.05) is 6.61 Å². The van der Waals surface area contributed by atoms with Crippen LogP contribution in [0.3, 0.4) is 0 Å². The normalized spacial score (nSPS) is 12.1. The Kier molecular flexibility index (Phi) is 4.87. The number of hydrogen-bond donors (Lipinski definition) is 2. The maximum atomic E-state index is 9.32. The highest BCUT2D eigenvalue weighted by molar-refractivity contribution is 5.29. The van der Waals surface area contributed by atoms with E-state index in [1.807, 2.05) is 24.3 Å². The van der Waals surface area contributed by atoms with Crippen LogP contribution in [0.2, 0.25) is 0 Å². The number of aliphatic hydroxyl groups excluding tert-OH is 2. The fraction of sp³-hybridized carbons (Fsp3) is 0.333. The van der Waals surface area contributed by atoms with Gasteiger partial charge in [0.15, 0.2) is 6.29 Å². The van der Waals surface area contributed by atoms with Crippen LogP contribution in [0.15, 0.2) is 36.9 Å². The quantitative estimate of drug-likeness (QED) is 0.550. The van der Waals surface area contributed by atoms with Gasteiger partial charge in [-0.3, -0.25) is 0 Å². The first-order chi connectivity index (χ1) is 7.26. The Hall–Kier alpha value is -1.32. The lowest BCUT2D eigenvalue weighted by Gasteiger charge is -2.12. The van der Waals surface area contributed by atoms with E-state index in [9.17, 15) is 5.11 Å². The average Bonchev–Trinajstić information content (AvgIpc) is 2.19. The fourth-order valence-corrected chi connectivity index (χ4v) is 1.24. The number of ether oxygens (including phenoxy) is 1. The van der Waals surface area contributed by atoms with Gasteiger partial charge in [0, 0.05) is 13.0 Å². The molecule has 3 heteroatoms. The van der Waals surface area contributed by atoms with E-state index in [2.05, 4.69) is 6.58 Å². The zero-order chi connectivity index (χ0) is 11.1. The van der Waals surface area contributed by atoms with Crippen molar-refractivity contribution in [3.63, 3.8) is 0 Å². The standard InChI is InChI=1S/C12H16O3/c1-2-4-10-5-3-6-11(9-10)15-12(14)7-8-13/h2-3,5-6,9,12-14H,1,4,7-8H2. The number of hydrogen-bond acceptors (Lipinski definition) is 3. The summed E-state index contributed by atoms with van der Waals surface area (Å²) in [6.45, 7) is 3.56. The monoisotopic (exact) mass is 208 g/mol. The SMILES string of the molecule is C=CCc1cccc(OC(O)CCO)c1. The topological polar surface area (TPSA) is 49.7 Å². The van der Waals surface area contributed by atoms with Gasteiger partial charge in [-0.05, 0) is 24.1 Å². The van der Waals surface area contributed by atoms with E-state index in [-0.39, 0.29) is 13.0 Å². The summed E-state index contributed by atoms with van der Waals surface area (Å²) in [7, 11) is 0. The third kappa shape index (κ3) is 4.14. The highest BCUT2D eigenvalue weighted by Gasteiger charge is 2.04. The first-order valence-corrected chi connectivity index (χ1v) is 4.91. The third-order valence-corrected chi connectivity index (χ3v) is 1.93. The second-order valence-corrected chi connectivity index (χ2v) is 3.22. The first-order valence-electron chi connectivity index (χ1n) is 4.91. The minimum Gasteiger partial charge on any atom is -0.465 e. The van der Waals surface area contributed by atoms with Crippen LogP contribution in [0.4, 0.5) is 0 Å². The summed E-state index contributed by atoms with van der Waals surface area (Å²) >= 11 is 0. The molecular formula is C12H16O3. The lowest BCUT2D eigenvalue weighted by Crippen LogP contribution is -2.16. The summed E-state index contributed by atoms with van der Waals surface area (Å²) in [6.07, 6.45) is 1.84. The molecule has 0 saturated heterocycles. The summed E-state index contributed by atoms with van der Waals surface area (Å²) in [5, 5.41) is 17.9. The molecule has 0 spiro atoms. The summed E-state index contributed by atoms with van der Waals surface area (Å²) < 4.78 is 5.20. The van der Waals surface area contributed by atoms with Crippen molar-refractivity contribution >= 4 is 0 Å². The Morgan fingerprint density at radius 1 is 1.47 bits per heavy atom. The summed E-state index contributed by atoms with van der Waals surface area (Å²) in [5.41, 5.74) is 1.08. The smallest absolute Gasteiger partial charge is 0.199 e. The predicted octanol–water partition coefficient (Wildman–Crippen LogP) is 1.49. The van der Waals surface area contributed by atoms with Crippen molar-refractivity contribution in [1.29, 1.82) is 0 Å². The molecule has 1 aromatic rings. The van der Waals surface area contributed by atoms with Crippen LogP contribution in [0, 0.1) is 0 Å². The first kappa shape index (κ1) is 11.8. The van der Waals surface area contributed by atoms with Gasteiger partial charge in [-0.25, -0.2) is 0 Å². The van der Waals surface area contributed by atoms with Crippen LogP contribution in [0.25, 0.3) is 0 Å². The molecule has 1 atom stereocenters. The van der Waals surface area contributed by atoms with E-state index >= 15 is 0 Å². The Morgan fingerprint density at radius 2 is 2.27 bits per heavy atom. The van der Waals surface area contributed by atoms with Gasteiger partial charge >= 0.3 is 0 Å². The highest BCUT2D eigenvalue weighted by Crippen LogP contribution is 2.15. The molecule has 82 valence electrons. The van der Waals surface area contributed by atoms with E-state index in [0.29, 0.717) is 5.75 Å². The molecule has 1 rings (SSSR count). The van der Waals surface area contributed by atoms with Gasteiger partial charge in [-0.15, -0.1) is 6.58 Å². The molecule has 0 aliphatic heterocycles. The number of rotatable bonds is 6. The summed E-state index contributed by atoms with van der Waals surface area (Å²) in [4.78, 5) is 0. The molecule has 0 bridgehead atoms. The molecule has 1 unspecified atom stereocenters. The minimum absolute atomic E-state index is 0.0898. The van der Waals surface area contributed by atoms with Crippen LogP contribution in [0.1, 0.15) is 12.0 Å². The van der Waals surface area contributed by atoms with E-state index < -0.39 is 6.29 Å². The van der Waals surface area contributed by atoms with Gasteiger partial charge in [-0.1, -0.05) is 18.2 Å². The van der Waals surface area contributed by atoms with Crippen LogP contribution >= 0.6 is 0 Å². The lowest BCUT2D eigenvalue weighted by atomic mass is 10.1. The fourth-order valence-electron chi connectivity index (χ4n) is 1.24. The van der Waals surface area contributed by atoms with Gasteiger partial charge < -0.3 is 14.9 Å². The van der Waals surface area contributed by atoms with Crippen LogP contribution in [-0.4, -0.2) is 23.1 Å². The second kappa shape index (κ2) is 6.22. The van der Waals surface area contributed by atoms with Crippen molar-refractivity contribution in [2.45, 2.75) is 19.1 Å². The zero-order valence-electron chi connectivity index (χ0n) is 8.60. The molecule has 0 saturated carbocycles. The van der Waals surface area contributed by atoms with Crippen LogP contribution in [-0.2, 0) is 6.42 Å². The Balaban J connectivity index is 2.60. The lowest BCUT2D eigenvalue weighted by molar-refractivity contribution is -0.0327. The van der Waals surface area contributed by atoms with Gasteiger partial charge in [0.1, 0.15) is 5.75 Å².